The number of nitro benzene ring substituents is 1. The molecule has 1 amide bonds. The largest absolute Gasteiger partial charge is 0.341 e. The summed E-state index contributed by atoms with van der Waals surface area (Å²) in [4.78, 5) is 24.2. The van der Waals surface area contributed by atoms with Crippen LogP contribution < -0.4 is 0 Å². The molecule has 0 N–H and O–H groups in total. The number of hydrogen-bond donors (Lipinski definition) is 0. The monoisotopic (exact) mass is 332 g/mol. The third kappa shape index (κ3) is 4.53. The number of rotatable bonds is 5. The number of halogens is 1. The lowest BCUT2D eigenvalue weighted by Gasteiger charge is -2.18. The molecule has 5 nitrogen and oxygen atoms in total. The van der Waals surface area contributed by atoms with Crippen LogP contribution in [0.1, 0.15) is 16.7 Å². The minimum absolute atomic E-state index is 0.0382. The minimum Gasteiger partial charge on any atom is -0.341 e. The molecule has 0 fully saturated rings. The zero-order valence-corrected chi connectivity index (χ0v) is 13.7. The summed E-state index contributed by atoms with van der Waals surface area (Å²) in [7, 11) is 1.66. The Balaban J connectivity index is 2.07. The van der Waals surface area contributed by atoms with E-state index in [4.69, 9.17) is 11.6 Å². The highest BCUT2D eigenvalue weighted by Crippen LogP contribution is 2.23. The maximum Gasteiger partial charge on any atom is 0.269 e. The van der Waals surface area contributed by atoms with Crippen molar-refractivity contribution >= 4 is 23.2 Å². The molecule has 120 valence electrons. The fourth-order valence-corrected chi connectivity index (χ4v) is 2.33. The van der Waals surface area contributed by atoms with Gasteiger partial charge in [-0.2, -0.15) is 0 Å². The summed E-state index contributed by atoms with van der Waals surface area (Å²) in [5.74, 6) is -0.0728. The number of nitrogens with zero attached hydrogens (tertiary/aromatic N) is 2. The van der Waals surface area contributed by atoms with E-state index in [1.807, 2.05) is 31.2 Å². The third-order valence-corrected chi connectivity index (χ3v) is 3.92. The number of benzene rings is 2. The van der Waals surface area contributed by atoms with Gasteiger partial charge in [-0.3, -0.25) is 14.9 Å². The second-order valence-corrected chi connectivity index (χ2v) is 5.85. The van der Waals surface area contributed by atoms with Crippen LogP contribution in [-0.4, -0.2) is 22.8 Å². The van der Waals surface area contributed by atoms with Crippen molar-refractivity contribution in [2.24, 2.45) is 0 Å². The van der Waals surface area contributed by atoms with Crippen LogP contribution in [0.25, 0.3) is 0 Å². The molecule has 0 saturated heterocycles. The van der Waals surface area contributed by atoms with Gasteiger partial charge in [-0.15, -0.1) is 0 Å². The van der Waals surface area contributed by atoms with Crippen molar-refractivity contribution in [3.8, 4) is 0 Å². The molecule has 0 saturated carbocycles. The predicted octanol–water partition coefficient (Wildman–Crippen LogP) is 3.76. The van der Waals surface area contributed by atoms with E-state index in [0.717, 1.165) is 11.1 Å². The van der Waals surface area contributed by atoms with Crippen LogP contribution in [0, 0.1) is 17.0 Å². The van der Waals surface area contributed by atoms with E-state index in [2.05, 4.69) is 0 Å². The standard InChI is InChI=1S/C17H17ClN2O3/c1-12-3-5-13(6-4-12)9-17(21)19(2)11-14-10-15(20(22)23)7-8-16(14)18/h3-8,10H,9,11H2,1-2H3. The second kappa shape index (κ2) is 7.24. The van der Waals surface area contributed by atoms with Gasteiger partial charge in [0.05, 0.1) is 11.3 Å². The van der Waals surface area contributed by atoms with Gasteiger partial charge in [0.2, 0.25) is 5.91 Å². The molecule has 0 bridgehead atoms. The molecular weight excluding hydrogens is 316 g/mol. The van der Waals surface area contributed by atoms with Crippen LogP contribution in [0.4, 0.5) is 5.69 Å². The van der Waals surface area contributed by atoms with Gasteiger partial charge in [0, 0.05) is 30.7 Å². The molecule has 0 aliphatic rings. The van der Waals surface area contributed by atoms with Crippen molar-refractivity contribution in [3.05, 3.63) is 74.3 Å². The highest BCUT2D eigenvalue weighted by atomic mass is 35.5. The quantitative estimate of drug-likeness (QED) is 0.618. The van der Waals surface area contributed by atoms with Crippen LogP contribution in [0.3, 0.4) is 0 Å². The Labute approximate surface area is 139 Å². The van der Waals surface area contributed by atoms with E-state index >= 15 is 0 Å². The molecule has 2 rings (SSSR count). The number of amides is 1. The first kappa shape index (κ1) is 17.0. The maximum absolute atomic E-state index is 12.3. The molecule has 2 aromatic rings. The summed E-state index contributed by atoms with van der Waals surface area (Å²) in [6, 6.07) is 12.0. The van der Waals surface area contributed by atoms with Crippen LogP contribution in [0.5, 0.6) is 0 Å². The van der Waals surface area contributed by atoms with Crippen molar-refractivity contribution in [3.63, 3.8) is 0 Å². The number of carbonyl (C=O) groups excluding carboxylic acids is 1. The minimum atomic E-state index is -0.478. The fraction of sp³-hybridized carbons (Fsp3) is 0.235. The summed E-state index contributed by atoms with van der Waals surface area (Å²) in [6.07, 6.45) is 0.281. The first-order chi connectivity index (χ1) is 10.9. The molecule has 0 aliphatic heterocycles. The molecule has 0 heterocycles. The van der Waals surface area contributed by atoms with Crippen molar-refractivity contribution in [1.29, 1.82) is 0 Å². The van der Waals surface area contributed by atoms with Gasteiger partial charge >= 0.3 is 0 Å². The van der Waals surface area contributed by atoms with Gasteiger partial charge < -0.3 is 4.90 Å². The number of nitro groups is 1. The predicted molar refractivity (Wildman–Crippen MR) is 89.5 cm³/mol. The topological polar surface area (TPSA) is 63.5 Å². The molecule has 6 heteroatoms. The zero-order chi connectivity index (χ0) is 17.0. The lowest BCUT2D eigenvalue weighted by molar-refractivity contribution is -0.384. The lowest BCUT2D eigenvalue weighted by atomic mass is 10.1. The van der Waals surface area contributed by atoms with Crippen LogP contribution in [0.15, 0.2) is 42.5 Å². The highest BCUT2D eigenvalue weighted by molar-refractivity contribution is 6.31. The van der Waals surface area contributed by atoms with Crippen LogP contribution >= 0.6 is 11.6 Å². The molecule has 0 aliphatic carbocycles. The summed E-state index contributed by atoms with van der Waals surface area (Å²) in [5.41, 5.74) is 2.58. The molecule has 0 atom stereocenters. The van der Waals surface area contributed by atoms with Gasteiger partial charge in [-0.1, -0.05) is 41.4 Å². The first-order valence-electron chi connectivity index (χ1n) is 7.09. The summed E-state index contributed by atoms with van der Waals surface area (Å²) < 4.78 is 0. The van der Waals surface area contributed by atoms with Gasteiger partial charge in [-0.25, -0.2) is 0 Å². The van der Waals surface area contributed by atoms with Crippen molar-refractivity contribution in [2.75, 3.05) is 7.05 Å². The van der Waals surface area contributed by atoms with E-state index in [0.29, 0.717) is 10.6 Å². The Morgan fingerprint density at radius 2 is 1.87 bits per heavy atom. The third-order valence-electron chi connectivity index (χ3n) is 3.55. The Kier molecular flexibility index (Phi) is 5.34. The molecule has 0 spiro atoms. The van der Waals surface area contributed by atoms with E-state index in [-0.39, 0.29) is 24.6 Å². The smallest absolute Gasteiger partial charge is 0.269 e. The summed E-state index contributed by atoms with van der Waals surface area (Å²) in [6.45, 7) is 2.22. The normalized spacial score (nSPS) is 10.4. The van der Waals surface area contributed by atoms with Crippen molar-refractivity contribution < 1.29 is 9.72 Å². The maximum atomic E-state index is 12.3. The Morgan fingerprint density at radius 3 is 2.48 bits per heavy atom. The van der Waals surface area contributed by atoms with Crippen molar-refractivity contribution in [2.45, 2.75) is 19.9 Å². The van der Waals surface area contributed by atoms with E-state index in [1.54, 1.807) is 7.05 Å². The molecule has 0 aromatic heterocycles. The Bertz CT molecular complexity index is 729. The zero-order valence-electron chi connectivity index (χ0n) is 13.0. The van der Waals surface area contributed by atoms with E-state index in [1.165, 1.54) is 23.1 Å². The first-order valence-corrected chi connectivity index (χ1v) is 7.47. The van der Waals surface area contributed by atoms with Gasteiger partial charge in [-0.05, 0) is 24.1 Å². The number of likely N-dealkylation sites (N-methyl/N-ethyl adjacent to an activating group) is 1. The molecule has 2 aromatic carbocycles. The average Bonchev–Trinajstić information content (AvgIpc) is 2.51. The van der Waals surface area contributed by atoms with Gasteiger partial charge in [0.25, 0.3) is 5.69 Å². The second-order valence-electron chi connectivity index (χ2n) is 5.44. The highest BCUT2D eigenvalue weighted by Gasteiger charge is 2.15. The SMILES string of the molecule is Cc1ccc(CC(=O)N(C)Cc2cc([N+](=O)[O-])ccc2Cl)cc1. The molecule has 0 radical (unpaired) electrons. The number of carbonyl (C=O) groups is 1. The molecular formula is C17H17ClN2O3. The Morgan fingerprint density at radius 1 is 1.22 bits per heavy atom. The average molecular weight is 333 g/mol. The summed E-state index contributed by atoms with van der Waals surface area (Å²) >= 11 is 6.07. The van der Waals surface area contributed by atoms with Crippen LogP contribution in [0.2, 0.25) is 5.02 Å². The van der Waals surface area contributed by atoms with Crippen LogP contribution in [-0.2, 0) is 17.8 Å². The molecule has 23 heavy (non-hydrogen) atoms. The van der Waals surface area contributed by atoms with Crippen molar-refractivity contribution in [1.82, 2.24) is 4.90 Å². The Hall–Kier alpha value is -2.40. The van der Waals surface area contributed by atoms with Gasteiger partial charge in [0.1, 0.15) is 0 Å². The molecule has 0 unspecified atom stereocenters. The summed E-state index contributed by atoms with van der Waals surface area (Å²) in [5, 5.41) is 11.2. The number of non-ortho nitro benzene ring substituents is 1. The van der Waals surface area contributed by atoms with E-state index < -0.39 is 4.92 Å². The fourth-order valence-electron chi connectivity index (χ4n) is 2.16. The number of hydrogen-bond acceptors (Lipinski definition) is 3. The van der Waals surface area contributed by atoms with E-state index in [9.17, 15) is 14.9 Å². The van der Waals surface area contributed by atoms with Gasteiger partial charge in [0.15, 0.2) is 0 Å². The number of aryl methyl sites for hydroxylation is 1. The lowest BCUT2D eigenvalue weighted by Crippen LogP contribution is -2.27.